The topological polar surface area (TPSA) is 64.2 Å². The van der Waals surface area contributed by atoms with Crippen LogP contribution in [0.4, 0.5) is 0 Å². The highest BCUT2D eigenvalue weighted by Gasteiger charge is 2.30. The number of carbonyl (C=O) groups is 1. The second-order valence-corrected chi connectivity index (χ2v) is 6.75. The van der Waals surface area contributed by atoms with Crippen LogP contribution < -0.4 is 0 Å². The maximum Gasteiger partial charge on any atom is 0.289 e. The molecular weight excluding hydrogens is 316 g/mol. The number of hydrogen-bond donors (Lipinski definition) is 0. The minimum absolute atomic E-state index is 0.0344. The number of rotatable bonds is 2. The summed E-state index contributed by atoms with van der Waals surface area (Å²) in [7, 11) is 0. The number of carbonyl (C=O) groups excluding carboxylic acids is 1. The van der Waals surface area contributed by atoms with Crippen LogP contribution in [0.25, 0.3) is 11.0 Å². The Morgan fingerprint density at radius 3 is 2.76 bits per heavy atom. The van der Waals surface area contributed by atoms with Gasteiger partial charge in [-0.1, -0.05) is 18.2 Å². The number of likely N-dealkylation sites (tertiary alicyclic amines) is 1. The Hall–Kier alpha value is -2.63. The van der Waals surface area contributed by atoms with Gasteiger partial charge in [0.15, 0.2) is 5.76 Å². The quantitative estimate of drug-likeness (QED) is 0.718. The molecule has 3 aromatic rings. The minimum Gasteiger partial charge on any atom is -0.451 e. The third-order valence-corrected chi connectivity index (χ3v) is 4.98. The first-order valence-corrected chi connectivity index (χ1v) is 8.71. The number of para-hydroxylation sites is 1. The fourth-order valence-corrected chi connectivity index (χ4v) is 3.74. The number of fused-ring (bicyclic) bond motifs is 1. The summed E-state index contributed by atoms with van der Waals surface area (Å²) in [5.41, 5.74) is 1.68. The van der Waals surface area contributed by atoms with Gasteiger partial charge in [-0.3, -0.25) is 4.79 Å². The van der Waals surface area contributed by atoms with Gasteiger partial charge in [-0.15, -0.1) is 0 Å². The molecule has 0 aliphatic carbocycles. The standard InChI is InChI=1S/C19H22N4O2/c1-12-16-8-4-5-9-17(16)25-18(12)19(24)22-10-6-7-15(11-22)23-14(3)20-13(2)21-23/h4-5,8-9,15H,6-7,10-11H2,1-3H3/t15-/m1/s1. The Balaban J connectivity index is 1.61. The normalized spacial score (nSPS) is 18.0. The highest BCUT2D eigenvalue weighted by molar-refractivity contribution is 5.98. The van der Waals surface area contributed by atoms with Gasteiger partial charge in [0.2, 0.25) is 0 Å². The molecule has 1 atom stereocenters. The van der Waals surface area contributed by atoms with Crippen LogP contribution in [0.3, 0.4) is 0 Å². The number of benzene rings is 1. The van der Waals surface area contributed by atoms with Gasteiger partial charge in [-0.2, -0.15) is 5.10 Å². The molecule has 1 aromatic carbocycles. The molecule has 1 fully saturated rings. The first-order chi connectivity index (χ1) is 12.0. The summed E-state index contributed by atoms with van der Waals surface area (Å²) < 4.78 is 7.82. The van der Waals surface area contributed by atoms with Crippen LogP contribution in [-0.2, 0) is 0 Å². The van der Waals surface area contributed by atoms with E-state index in [4.69, 9.17) is 4.42 Å². The van der Waals surface area contributed by atoms with Crippen molar-refractivity contribution in [1.82, 2.24) is 19.7 Å². The Bertz CT molecular complexity index is 940. The van der Waals surface area contributed by atoms with Crippen LogP contribution in [0.2, 0.25) is 0 Å². The predicted octanol–water partition coefficient (Wildman–Crippen LogP) is 3.43. The van der Waals surface area contributed by atoms with E-state index in [0.29, 0.717) is 12.3 Å². The molecule has 6 heteroatoms. The number of piperidine rings is 1. The lowest BCUT2D eigenvalue weighted by Crippen LogP contribution is -2.41. The van der Waals surface area contributed by atoms with E-state index < -0.39 is 0 Å². The number of aromatic nitrogens is 3. The molecule has 130 valence electrons. The Labute approximate surface area is 146 Å². The third-order valence-electron chi connectivity index (χ3n) is 4.98. The van der Waals surface area contributed by atoms with Crippen molar-refractivity contribution in [2.45, 2.75) is 39.7 Å². The largest absolute Gasteiger partial charge is 0.451 e. The average Bonchev–Trinajstić information content (AvgIpc) is 3.14. The molecule has 25 heavy (non-hydrogen) atoms. The summed E-state index contributed by atoms with van der Waals surface area (Å²) in [5.74, 6) is 2.09. The van der Waals surface area contributed by atoms with Crippen molar-refractivity contribution in [2.24, 2.45) is 0 Å². The van der Waals surface area contributed by atoms with Crippen molar-refractivity contribution >= 4 is 16.9 Å². The number of hydrogen-bond acceptors (Lipinski definition) is 4. The van der Waals surface area contributed by atoms with Gasteiger partial charge in [-0.05, 0) is 39.7 Å². The second-order valence-electron chi connectivity index (χ2n) is 6.75. The monoisotopic (exact) mass is 338 g/mol. The molecule has 4 rings (SSSR count). The molecule has 0 bridgehead atoms. The van der Waals surface area contributed by atoms with E-state index in [2.05, 4.69) is 10.1 Å². The number of aryl methyl sites for hydroxylation is 3. The fraction of sp³-hybridized carbons (Fsp3) is 0.421. The van der Waals surface area contributed by atoms with E-state index in [1.54, 1.807) is 0 Å². The second kappa shape index (κ2) is 6.02. The summed E-state index contributed by atoms with van der Waals surface area (Å²) in [6.45, 7) is 7.19. The van der Waals surface area contributed by atoms with Crippen LogP contribution in [0.15, 0.2) is 28.7 Å². The molecule has 0 unspecified atom stereocenters. The molecule has 0 saturated carbocycles. The van der Waals surface area contributed by atoms with Crippen LogP contribution in [0, 0.1) is 20.8 Å². The van der Waals surface area contributed by atoms with Gasteiger partial charge in [-0.25, -0.2) is 9.67 Å². The number of amides is 1. The molecule has 0 spiro atoms. The van der Waals surface area contributed by atoms with Gasteiger partial charge in [0.1, 0.15) is 17.2 Å². The minimum atomic E-state index is -0.0344. The van der Waals surface area contributed by atoms with E-state index in [9.17, 15) is 4.79 Å². The zero-order valence-corrected chi connectivity index (χ0v) is 14.8. The van der Waals surface area contributed by atoms with E-state index in [0.717, 1.165) is 47.6 Å². The van der Waals surface area contributed by atoms with Crippen molar-refractivity contribution in [2.75, 3.05) is 13.1 Å². The van der Waals surface area contributed by atoms with Gasteiger partial charge in [0.25, 0.3) is 5.91 Å². The van der Waals surface area contributed by atoms with Gasteiger partial charge < -0.3 is 9.32 Å². The maximum absolute atomic E-state index is 13.0. The molecule has 0 radical (unpaired) electrons. The predicted molar refractivity (Wildman–Crippen MR) is 94.6 cm³/mol. The molecular formula is C19H22N4O2. The average molecular weight is 338 g/mol. The molecule has 2 aromatic heterocycles. The molecule has 1 saturated heterocycles. The van der Waals surface area contributed by atoms with Crippen molar-refractivity contribution in [3.8, 4) is 0 Å². The van der Waals surface area contributed by atoms with Crippen molar-refractivity contribution in [1.29, 1.82) is 0 Å². The van der Waals surface area contributed by atoms with Gasteiger partial charge in [0, 0.05) is 24.0 Å². The summed E-state index contributed by atoms with van der Waals surface area (Å²) in [6, 6.07) is 7.95. The third kappa shape index (κ3) is 2.71. The lowest BCUT2D eigenvalue weighted by molar-refractivity contribution is 0.0640. The summed E-state index contributed by atoms with van der Waals surface area (Å²) >= 11 is 0. The van der Waals surface area contributed by atoms with E-state index in [-0.39, 0.29) is 11.9 Å². The zero-order chi connectivity index (χ0) is 17.6. The Kier molecular flexibility index (Phi) is 3.82. The van der Waals surface area contributed by atoms with Gasteiger partial charge in [0.05, 0.1) is 6.04 Å². The summed E-state index contributed by atoms with van der Waals surface area (Å²) in [6.07, 6.45) is 1.96. The molecule has 0 N–H and O–H groups in total. The highest BCUT2D eigenvalue weighted by atomic mass is 16.3. The van der Waals surface area contributed by atoms with E-state index in [1.807, 2.05) is 54.6 Å². The van der Waals surface area contributed by atoms with E-state index in [1.165, 1.54) is 0 Å². The summed E-state index contributed by atoms with van der Waals surface area (Å²) in [5, 5.41) is 5.50. The smallest absolute Gasteiger partial charge is 0.289 e. The molecule has 1 aliphatic heterocycles. The van der Waals surface area contributed by atoms with Crippen LogP contribution in [-0.4, -0.2) is 38.7 Å². The highest BCUT2D eigenvalue weighted by Crippen LogP contribution is 2.28. The summed E-state index contributed by atoms with van der Waals surface area (Å²) in [4.78, 5) is 19.3. The molecule has 6 nitrogen and oxygen atoms in total. The number of furan rings is 1. The Morgan fingerprint density at radius 2 is 2.04 bits per heavy atom. The van der Waals surface area contributed by atoms with Crippen molar-refractivity contribution < 1.29 is 9.21 Å². The molecule has 1 amide bonds. The first-order valence-electron chi connectivity index (χ1n) is 8.71. The fourth-order valence-electron chi connectivity index (χ4n) is 3.74. The van der Waals surface area contributed by atoms with Crippen LogP contribution >= 0.6 is 0 Å². The first kappa shape index (κ1) is 15.9. The lowest BCUT2D eigenvalue weighted by Gasteiger charge is -2.32. The van der Waals surface area contributed by atoms with Crippen molar-refractivity contribution in [3.63, 3.8) is 0 Å². The SMILES string of the molecule is Cc1nc(C)n([C@@H]2CCCN(C(=O)c3oc4ccccc4c3C)C2)n1. The lowest BCUT2D eigenvalue weighted by atomic mass is 10.0. The maximum atomic E-state index is 13.0. The Morgan fingerprint density at radius 1 is 1.24 bits per heavy atom. The van der Waals surface area contributed by atoms with Crippen LogP contribution in [0.1, 0.15) is 46.7 Å². The number of nitrogens with zero attached hydrogens (tertiary/aromatic N) is 4. The van der Waals surface area contributed by atoms with Crippen molar-refractivity contribution in [3.05, 3.63) is 47.2 Å². The van der Waals surface area contributed by atoms with E-state index >= 15 is 0 Å². The zero-order valence-electron chi connectivity index (χ0n) is 14.8. The molecule has 3 heterocycles. The molecule has 1 aliphatic rings. The van der Waals surface area contributed by atoms with Crippen LogP contribution in [0.5, 0.6) is 0 Å². The van der Waals surface area contributed by atoms with Gasteiger partial charge >= 0.3 is 0 Å².